The number of aliphatic hydroxyl groups is 1. The second kappa shape index (κ2) is 5.43. The fourth-order valence-corrected chi connectivity index (χ4v) is 2.34. The van der Waals surface area contributed by atoms with E-state index in [9.17, 15) is 9.90 Å². The molecule has 3 nitrogen and oxygen atoms in total. The second-order valence-corrected chi connectivity index (χ2v) is 4.70. The largest absolute Gasteiger partial charge is 0.392 e. The number of likely N-dealkylation sites (tertiary alicyclic amines) is 1. The minimum atomic E-state index is -0.283. The number of nitrogens with zero attached hydrogens (tertiary/aromatic N) is 1. The molecule has 0 aromatic heterocycles. The van der Waals surface area contributed by atoms with E-state index in [1.807, 2.05) is 37.3 Å². The standard InChI is InChI=1S/C14H19NO2/c1-11(15-9-5-8-13(16)10-15)14(17)12-6-3-2-4-7-12/h2-4,6-7,11,13,16H,5,8-10H2,1H3. The van der Waals surface area contributed by atoms with E-state index < -0.39 is 0 Å². The van der Waals surface area contributed by atoms with Gasteiger partial charge in [-0.2, -0.15) is 0 Å². The molecule has 1 saturated heterocycles. The van der Waals surface area contributed by atoms with E-state index >= 15 is 0 Å². The van der Waals surface area contributed by atoms with Crippen LogP contribution in [0, 0.1) is 0 Å². The highest BCUT2D eigenvalue weighted by atomic mass is 16.3. The van der Waals surface area contributed by atoms with Gasteiger partial charge in [0.1, 0.15) is 0 Å². The number of hydrogen-bond donors (Lipinski definition) is 1. The van der Waals surface area contributed by atoms with Crippen LogP contribution in [0.2, 0.25) is 0 Å². The summed E-state index contributed by atoms with van der Waals surface area (Å²) in [7, 11) is 0. The van der Waals surface area contributed by atoms with Crippen molar-refractivity contribution in [3.63, 3.8) is 0 Å². The summed E-state index contributed by atoms with van der Waals surface area (Å²) in [6.45, 7) is 3.43. The molecule has 2 rings (SSSR count). The Morgan fingerprint density at radius 3 is 2.76 bits per heavy atom. The van der Waals surface area contributed by atoms with Gasteiger partial charge in [-0.25, -0.2) is 0 Å². The van der Waals surface area contributed by atoms with E-state index in [-0.39, 0.29) is 17.9 Å². The molecule has 0 amide bonds. The number of carbonyl (C=O) groups excluding carboxylic acids is 1. The van der Waals surface area contributed by atoms with Gasteiger partial charge >= 0.3 is 0 Å². The molecule has 1 aromatic carbocycles. The number of aliphatic hydroxyl groups excluding tert-OH is 1. The van der Waals surface area contributed by atoms with Gasteiger partial charge in [0.2, 0.25) is 0 Å². The Labute approximate surface area is 102 Å². The van der Waals surface area contributed by atoms with Crippen molar-refractivity contribution < 1.29 is 9.90 Å². The number of carbonyl (C=O) groups is 1. The molecule has 0 bridgehead atoms. The molecule has 3 heteroatoms. The monoisotopic (exact) mass is 233 g/mol. The fourth-order valence-electron chi connectivity index (χ4n) is 2.34. The van der Waals surface area contributed by atoms with Crippen LogP contribution in [-0.2, 0) is 0 Å². The Balaban J connectivity index is 2.04. The summed E-state index contributed by atoms with van der Waals surface area (Å²) in [6, 6.07) is 9.22. The van der Waals surface area contributed by atoms with Crippen molar-refractivity contribution >= 4 is 5.78 Å². The van der Waals surface area contributed by atoms with Gasteiger partial charge < -0.3 is 5.11 Å². The minimum Gasteiger partial charge on any atom is -0.392 e. The molecular formula is C14H19NO2. The summed E-state index contributed by atoms with van der Waals surface area (Å²) in [6.07, 6.45) is 1.53. The van der Waals surface area contributed by atoms with E-state index in [1.54, 1.807) is 0 Å². The van der Waals surface area contributed by atoms with Crippen LogP contribution in [0.5, 0.6) is 0 Å². The third-order valence-corrected chi connectivity index (χ3v) is 3.41. The second-order valence-electron chi connectivity index (χ2n) is 4.70. The summed E-state index contributed by atoms with van der Waals surface area (Å²) in [5.41, 5.74) is 0.750. The third-order valence-electron chi connectivity index (χ3n) is 3.41. The average molecular weight is 233 g/mol. The van der Waals surface area contributed by atoms with E-state index in [4.69, 9.17) is 0 Å². The number of rotatable bonds is 3. The molecule has 2 atom stereocenters. The lowest BCUT2D eigenvalue weighted by Gasteiger charge is -2.34. The van der Waals surface area contributed by atoms with Crippen LogP contribution in [-0.4, -0.2) is 41.0 Å². The first kappa shape index (κ1) is 12.3. The summed E-state index contributed by atoms with van der Waals surface area (Å²) >= 11 is 0. The average Bonchev–Trinajstić information content (AvgIpc) is 2.38. The highest BCUT2D eigenvalue weighted by Gasteiger charge is 2.26. The highest BCUT2D eigenvalue weighted by Crippen LogP contribution is 2.15. The topological polar surface area (TPSA) is 40.5 Å². The molecule has 17 heavy (non-hydrogen) atoms. The number of Topliss-reactive ketones (excluding diaryl/α,β-unsaturated/α-hetero) is 1. The lowest BCUT2D eigenvalue weighted by Crippen LogP contribution is -2.46. The molecule has 0 spiro atoms. The predicted molar refractivity (Wildman–Crippen MR) is 67.0 cm³/mol. The number of piperidine rings is 1. The van der Waals surface area contributed by atoms with Crippen molar-refractivity contribution in [2.24, 2.45) is 0 Å². The Bertz CT molecular complexity index is 377. The van der Waals surface area contributed by atoms with E-state index in [0.717, 1.165) is 24.9 Å². The van der Waals surface area contributed by atoms with Gasteiger partial charge in [-0.05, 0) is 26.3 Å². The Morgan fingerprint density at radius 1 is 1.41 bits per heavy atom. The van der Waals surface area contributed by atoms with Crippen molar-refractivity contribution in [2.45, 2.75) is 31.9 Å². The van der Waals surface area contributed by atoms with Crippen LogP contribution in [0.3, 0.4) is 0 Å². The highest BCUT2D eigenvalue weighted by molar-refractivity contribution is 5.99. The number of hydrogen-bond acceptors (Lipinski definition) is 3. The molecule has 1 fully saturated rings. The molecule has 0 saturated carbocycles. The van der Waals surface area contributed by atoms with Crippen LogP contribution >= 0.6 is 0 Å². The van der Waals surface area contributed by atoms with Crippen LogP contribution in [0.25, 0.3) is 0 Å². The van der Waals surface area contributed by atoms with Crippen molar-refractivity contribution in [1.82, 2.24) is 4.90 Å². The Morgan fingerprint density at radius 2 is 2.12 bits per heavy atom. The van der Waals surface area contributed by atoms with Gasteiger partial charge in [-0.1, -0.05) is 30.3 Å². The first-order valence-corrected chi connectivity index (χ1v) is 6.20. The van der Waals surface area contributed by atoms with Gasteiger partial charge in [-0.3, -0.25) is 9.69 Å². The smallest absolute Gasteiger partial charge is 0.179 e. The maximum absolute atomic E-state index is 12.2. The van der Waals surface area contributed by atoms with Crippen molar-refractivity contribution in [3.8, 4) is 0 Å². The predicted octanol–water partition coefficient (Wildman–Crippen LogP) is 1.71. The summed E-state index contributed by atoms with van der Waals surface area (Å²) in [4.78, 5) is 14.3. The Hall–Kier alpha value is -1.19. The molecule has 1 aromatic rings. The van der Waals surface area contributed by atoms with E-state index in [0.29, 0.717) is 6.54 Å². The minimum absolute atomic E-state index is 0.139. The molecule has 0 radical (unpaired) electrons. The zero-order valence-corrected chi connectivity index (χ0v) is 10.2. The zero-order valence-electron chi connectivity index (χ0n) is 10.2. The number of ketones is 1. The van der Waals surface area contributed by atoms with Crippen LogP contribution < -0.4 is 0 Å². The first-order chi connectivity index (χ1) is 8.18. The van der Waals surface area contributed by atoms with Gasteiger partial charge in [0.25, 0.3) is 0 Å². The van der Waals surface area contributed by atoms with Crippen LogP contribution in [0.15, 0.2) is 30.3 Å². The molecule has 92 valence electrons. The lowest BCUT2D eigenvalue weighted by molar-refractivity contribution is 0.0454. The summed E-state index contributed by atoms with van der Waals surface area (Å²) in [5.74, 6) is 0.139. The van der Waals surface area contributed by atoms with Gasteiger partial charge in [0, 0.05) is 12.1 Å². The van der Waals surface area contributed by atoms with Crippen LogP contribution in [0.4, 0.5) is 0 Å². The van der Waals surface area contributed by atoms with Crippen LogP contribution in [0.1, 0.15) is 30.1 Å². The lowest BCUT2D eigenvalue weighted by atomic mass is 10.0. The molecule has 1 aliphatic heterocycles. The molecule has 2 unspecified atom stereocenters. The van der Waals surface area contributed by atoms with Crippen molar-refractivity contribution in [2.75, 3.05) is 13.1 Å². The zero-order chi connectivity index (χ0) is 12.3. The van der Waals surface area contributed by atoms with E-state index in [2.05, 4.69) is 4.90 Å². The maximum atomic E-state index is 12.2. The van der Waals surface area contributed by atoms with Gasteiger partial charge in [-0.15, -0.1) is 0 Å². The first-order valence-electron chi connectivity index (χ1n) is 6.20. The molecule has 0 aliphatic carbocycles. The SMILES string of the molecule is CC(C(=O)c1ccccc1)N1CCCC(O)C1. The normalized spacial score (nSPS) is 23.3. The number of benzene rings is 1. The molecule has 1 heterocycles. The van der Waals surface area contributed by atoms with Gasteiger partial charge in [0.05, 0.1) is 12.1 Å². The van der Waals surface area contributed by atoms with E-state index in [1.165, 1.54) is 0 Å². The molecular weight excluding hydrogens is 214 g/mol. The quantitative estimate of drug-likeness (QED) is 0.808. The maximum Gasteiger partial charge on any atom is 0.179 e. The number of β-amino-alcohol motifs (C(OH)–C–C–N with tert-alkyl or cyclic N) is 1. The van der Waals surface area contributed by atoms with Gasteiger partial charge in [0.15, 0.2) is 5.78 Å². The molecule has 1 N–H and O–H groups in total. The summed E-state index contributed by atoms with van der Waals surface area (Å²) < 4.78 is 0. The summed E-state index contributed by atoms with van der Waals surface area (Å²) in [5, 5.41) is 9.63. The van der Waals surface area contributed by atoms with Crippen molar-refractivity contribution in [3.05, 3.63) is 35.9 Å². The Kier molecular flexibility index (Phi) is 3.92. The van der Waals surface area contributed by atoms with Crippen molar-refractivity contribution in [1.29, 1.82) is 0 Å². The third kappa shape index (κ3) is 2.93. The fraction of sp³-hybridized carbons (Fsp3) is 0.500. The molecule has 1 aliphatic rings.